The minimum Gasteiger partial charge on any atom is -0.377 e. The summed E-state index contributed by atoms with van der Waals surface area (Å²) in [6, 6.07) is -0.463. The van der Waals surface area contributed by atoms with Crippen LogP contribution in [-0.4, -0.2) is 51.1 Å². The molecule has 0 spiro atoms. The number of rotatable bonds is 8. The van der Waals surface area contributed by atoms with Crippen molar-refractivity contribution in [2.75, 3.05) is 20.2 Å². The summed E-state index contributed by atoms with van der Waals surface area (Å²) in [5.74, 6) is 0. The van der Waals surface area contributed by atoms with Crippen molar-refractivity contribution < 1.29 is 13.2 Å². The highest BCUT2D eigenvalue weighted by atomic mass is 32.2. The highest BCUT2D eigenvalue weighted by molar-refractivity contribution is 7.87. The maximum atomic E-state index is 12.0. The third-order valence-electron chi connectivity index (χ3n) is 3.27. The van der Waals surface area contributed by atoms with Crippen LogP contribution in [0.25, 0.3) is 0 Å². The van der Waals surface area contributed by atoms with Gasteiger partial charge in [0.1, 0.15) is 0 Å². The van der Waals surface area contributed by atoms with Crippen LogP contribution in [0.15, 0.2) is 0 Å². The molecule has 1 aliphatic rings. The van der Waals surface area contributed by atoms with Crippen LogP contribution in [-0.2, 0) is 14.9 Å². The lowest BCUT2D eigenvalue weighted by Gasteiger charge is -2.42. The fourth-order valence-corrected chi connectivity index (χ4v) is 3.17. The molecule has 18 heavy (non-hydrogen) atoms. The number of ether oxygens (including phenoxy) is 1. The summed E-state index contributed by atoms with van der Waals surface area (Å²) in [5, 5.41) is 0. The van der Waals surface area contributed by atoms with E-state index in [0.29, 0.717) is 19.6 Å². The Morgan fingerprint density at radius 3 is 2.61 bits per heavy atom. The molecule has 3 N–H and O–H groups in total. The first-order valence-corrected chi connectivity index (χ1v) is 7.97. The van der Waals surface area contributed by atoms with E-state index in [9.17, 15) is 8.42 Å². The number of nitrogens with one attached hydrogen (secondary N) is 1. The maximum Gasteiger partial charge on any atom is 0.279 e. The molecule has 0 aromatic rings. The SMILES string of the molecule is CCCCN(C)S(=O)(=O)NC1C(N)CC1OCC. The molecule has 0 heterocycles. The van der Waals surface area contributed by atoms with Gasteiger partial charge in [0.15, 0.2) is 0 Å². The van der Waals surface area contributed by atoms with E-state index in [2.05, 4.69) is 4.72 Å². The third kappa shape index (κ3) is 3.89. The zero-order chi connectivity index (χ0) is 13.8. The summed E-state index contributed by atoms with van der Waals surface area (Å²) in [6.45, 7) is 5.01. The van der Waals surface area contributed by atoms with Crippen molar-refractivity contribution in [1.29, 1.82) is 0 Å². The first kappa shape index (κ1) is 15.8. The number of hydrogen-bond acceptors (Lipinski definition) is 4. The van der Waals surface area contributed by atoms with Gasteiger partial charge in [0.2, 0.25) is 0 Å². The Morgan fingerprint density at radius 2 is 2.11 bits per heavy atom. The van der Waals surface area contributed by atoms with Crippen molar-refractivity contribution in [3.63, 3.8) is 0 Å². The van der Waals surface area contributed by atoms with E-state index in [-0.39, 0.29) is 18.2 Å². The van der Waals surface area contributed by atoms with Gasteiger partial charge in [0.25, 0.3) is 10.2 Å². The Kier molecular flexibility index (Phi) is 6.00. The molecule has 1 saturated carbocycles. The monoisotopic (exact) mass is 279 g/mol. The number of nitrogens with zero attached hydrogens (tertiary/aromatic N) is 1. The van der Waals surface area contributed by atoms with Crippen LogP contribution >= 0.6 is 0 Å². The van der Waals surface area contributed by atoms with Crippen molar-refractivity contribution in [3.05, 3.63) is 0 Å². The molecular weight excluding hydrogens is 254 g/mol. The Hall–Kier alpha value is -0.210. The Morgan fingerprint density at radius 1 is 1.44 bits per heavy atom. The van der Waals surface area contributed by atoms with Crippen LogP contribution in [0.5, 0.6) is 0 Å². The fourth-order valence-electron chi connectivity index (χ4n) is 1.95. The molecule has 0 saturated heterocycles. The quantitative estimate of drug-likeness (QED) is 0.658. The standard InChI is InChI=1S/C11H25N3O3S/c1-4-6-7-14(3)18(15,16)13-11-9(12)8-10(11)17-5-2/h9-11,13H,4-8,12H2,1-3H3. The van der Waals surface area contributed by atoms with Crippen molar-refractivity contribution in [3.8, 4) is 0 Å². The van der Waals surface area contributed by atoms with Gasteiger partial charge in [-0.1, -0.05) is 13.3 Å². The summed E-state index contributed by atoms with van der Waals surface area (Å²) in [6.07, 6.45) is 2.42. The first-order chi connectivity index (χ1) is 8.42. The summed E-state index contributed by atoms with van der Waals surface area (Å²) in [7, 11) is -1.87. The second kappa shape index (κ2) is 6.81. The fraction of sp³-hybridized carbons (Fsp3) is 1.00. The third-order valence-corrected chi connectivity index (χ3v) is 4.84. The molecule has 0 bridgehead atoms. The van der Waals surface area contributed by atoms with E-state index in [1.54, 1.807) is 7.05 Å². The molecule has 108 valence electrons. The van der Waals surface area contributed by atoms with Crippen LogP contribution < -0.4 is 10.5 Å². The van der Waals surface area contributed by atoms with Gasteiger partial charge in [-0.3, -0.25) is 0 Å². The van der Waals surface area contributed by atoms with E-state index < -0.39 is 10.2 Å². The van der Waals surface area contributed by atoms with E-state index in [1.807, 2.05) is 13.8 Å². The smallest absolute Gasteiger partial charge is 0.279 e. The Bertz CT molecular complexity index is 345. The van der Waals surface area contributed by atoms with E-state index in [0.717, 1.165) is 12.8 Å². The van der Waals surface area contributed by atoms with Gasteiger partial charge < -0.3 is 10.5 Å². The second-order valence-corrected chi connectivity index (χ2v) is 6.53. The van der Waals surface area contributed by atoms with Crippen molar-refractivity contribution in [1.82, 2.24) is 9.03 Å². The summed E-state index contributed by atoms with van der Waals surface area (Å²) in [4.78, 5) is 0. The van der Waals surface area contributed by atoms with Gasteiger partial charge in [0, 0.05) is 26.2 Å². The topological polar surface area (TPSA) is 84.7 Å². The lowest BCUT2D eigenvalue weighted by molar-refractivity contribution is -0.0252. The molecule has 0 amide bonds. The zero-order valence-corrected chi connectivity index (χ0v) is 12.2. The Balaban J connectivity index is 2.53. The number of unbranched alkanes of at least 4 members (excludes halogenated alkanes) is 1. The number of hydrogen-bond donors (Lipinski definition) is 2. The van der Waals surface area contributed by atoms with Crippen molar-refractivity contribution in [2.24, 2.45) is 5.73 Å². The van der Waals surface area contributed by atoms with E-state index >= 15 is 0 Å². The van der Waals surface area contributed by atoms with Crippen molar-refractivity contribution >= 4 is 10.2 Å². The predicted octanol–water partition coefficient (Wildman–Crippen LogP) is 0.0574. The van der Waals surface area contributed by atoms with Gasteiger partial charge in [-0.15, -0.1) is 0 Å². The highest BCUT2D eigenvalue weighted by Gasteiger charge is 2.42. The van der Waals surface area contributed by atoms with Gasteiger partial charge in [-0.2, -0.15) is 17.4 Å². The largest absolute Gasteiger partial charge is 0.377 e. The first-order valence-electron chi connectivity index (χ1n) is 6.53. The van der Waals surface area contributed by atoms with Gasteiger partial charge in [0.05, 0.1) is 12.1 Å². The molecule has 0 aliphatic heterocycles. The summed E-state index contributed by atoms with van der Waals surface area (Å²) in [5.41, 5.74) is 5.83. The highest BCUT2D eigenvalue weighted by Crippen LogP contribution is 2.23. The van der Waals surface area contributed by atoms with Crippen molar-refractivity contribution in [2.45, 2.75) is 51.3 Å². The molecule has 7 heteroatoms. The van der Waals surface area contributed by atoms with Gasteiger partial charge in [-0.25, -0.2) is 0 Å². The molecule has 0 radical (unpaired) electrons. The molecule has 1 fully saturated rings. The van der Waals surface area contributed by atoms with Gasteiger partial charge in [-0.05, 0) is 19.8 Å². The lowest BCUT2D eigenvalue weighted by atomic mass is 9.84. The van der Waals surface area contributed by atoms with Crippen LogP contribution in [0.4, 0.5) is 0 Å². The van der Waals surface area contributed by atoms with E-state index in [4.69, 9.17) is 10.5 Å². The molecule has 0 aromatic heterocycles. The minimum atomic E-state index is -3.45. The zero-order valence-electron chi connectivity index (χ0n) is 11.4. The molecule has 3 unspecified atom stereocenters. The Labute approximate surface area is 110 Å². The molecule has 1 aliphatic carbocycles. The summed E-state index contributed by atoms with van der Waals surface area (Å²) >= 11 is 0. The van der Waals surface area contributed by atoms with Crippen LogP contribution in [0.3, 0.4) is 0 Å². The molecule has 0 aromatic carbocycles. The second-order valence-electron chi connectivity index (χ2n) is 4.72. The maximum absolute atomic E-state index is 12.0. The number of nitrogens with two attached hydrogens (primary N) is 1. The van der Waals surface area contributed by atoms with Crippen LogP contribution in [0.1, 0.15) is 33.1 Å². The summed E-state index contributed by atoms with van der Waals surface area (Å²) < 4.78 is 33.5. The average molecular weight is 279 g/mol. The van der Waals surface area contributed by atoms with Gasteiger partial charge >= 0.3 is 0 Å². The van der Waals surface area contributed by atoms with E-state index in [1.165, 1.54) is 4.31 Å². The molecule has 6 nitrogen and oxygen atoms in total. The normalized spacial score (nSPS) is 28.4. The lowest BCUT2D eigenvalue weighted by Crippen LogP contribution is -2.65. The molecular formula is C11H25N3O3S. The molecule has 1 rings (SSSR count). The van der Waals surface area contributed by atoms with Crippen LogP contribution in [0, 0.1) is 0 Å². The molecule has 3 atom stereocenters. The van der Waals surface area contributed by atoms with Crippen LogP contribution in [0.2, 0.25) is 0 Å². The predicted molar refractivity (Wildman–Crippen MR) is 71.4 cm³/mol. The average Bonchev–Trinajstić information content (AvgIpc) is 2.33. The minimum absolute atomic E-state index is 0.0978.